The van der Waals surface area contributed by atoms with Crippen LogP contribution in [0.5, 0.6) is 0 Å². The van der Waals surface area contributed by atoms with E-state index in [0.29, 0.717) is 6.54 Å². The number of fused-ring (bicyclic) bond motifs is 1. The van der Waals surface area contributed by atoms with Crippen molar-refractivity contribution in [2.45, 2.75) is 33.2 Å². The number of amides is 2. The Bertz CT molecular complexity index is 497. The normalized spacial score (nSPS) is 17.8. The largest absolute Gasteiger partial charge is 0.341 e. The van der Waals surface area contributed by atoms with Crippen LogP contribution in [0.3, 0.4) is 0 Å². The first-order valence-corrected chi connectivity index (χ1v) is 6.24. The highest BCUT2D eigenvalue weighted by Crippen LogP contribution is 2.38. The van der Waals surface area contributed by atoms with Crippen LogP contribution in [-0.4, -0.2) is 18.4 Å². The smallest absolute Gasteiger partial charge is 0.254 e. The van der Waals surface area contributed by atoms with Crippen molar-refractivity contribution in [2.75, 3.05) is 11.4 Å². The average molecular weight is 246 g/mol. The van der Waals surface area contributed by atoms with Gasteiger partial charge in [0.25, 0.3) is 5.91 Å². The molecular formula is C14H18N2O2. The van der Waals surface area contributed by atoms with Gasteiger partial charge in [-0.3, -0.25) is 9.59 Å². The Balaban J connectivity index is 2.46. The quantitative estimate of drug-likeness (QED) is 0.886. The second-order valence-corrected chi connectivity index (χ2v) is 4.64. The van der Waals surface area contributed by atoms with Gasteiger partial charge < -0.3 is 10.2 Å². The Hall–Kier alpha value is -1.84. The standard InChI is InChI=1S/C14H18N2O2/c1-4-8-16-13-9(2)6-5-7-11(13)12(14(16)18)15-10(3)17/h5-7,12H,4,8H2,1-3H3,(H,15,17)/t12-/m1/s1. The van der Waals surface area contributed by atoms with E-state index in [1.54, 1.807) is 4.90 Å². The van der Waals surface area contributed by atoms with E-state index in [9.17, 15) is 9.59 Å². The van der Waals surface area contributed by atoms with Crippen molar-refractivity contribution in [1.29, 1.82) is 0 Å². The number of rotatable bonds is 3. The van der Waals surface area contributed by atoms with Crippen LogP contribution in [0, 0.1) is 6.92 Å². The summed E-state index contributed by atoms with van der Waals surface area (Å²) in [5, 5.41) is 2.73. The maximum atomic E-state index is 12.4. The Morgan fingerprint density at radius 2 is 2.17 bits per heavy atom. The SMILES string of the molecule is CCCN1C(=O)[C@H](NC(C)=O)c2cccc(C)c21. The van der Waals surface area contributed by atoms with E-state index in [0.717, 1.165) is 23.2 Å². The maximum Gasteiger partial charge on any atom is 0.254 e. The summed E-state index contributed by atoms with van der Waals surface area (Å²) in [4.78, 5) is 25.4. The minimum Gasteiger partial charge on any atom is -0.341 e. The molecule has 1 N–H and O–H groups in total. The molecule has 1 heterocycles. The van der Waals surface area contributed by atoms with Crippen LogP contribution in [0.2, 0.25) is 0 Å². The summed E-state index contributed by atoms with van der Waals surface area (Å²) in [5.41, 5.74) is 2.94. The number of carbonyl (C=O) groups is 2. The first-order chi connectivity index (χ1) is 8.56. The number of nitrogens with one attached hydrogen (secondary N) is 1. The molecule has 0 spiro atoms. The minimum absolute atomic E-state index is 0.0312. The third-order valence-corrected chi connectivity index (χ3v) is 3.16. The first kappa shape index (κ1) is 12.6. The van der Waals surface area contributed by atoms with Gasteiger partial charge in [0.2, 0.25) is 5.91 Å². The van der Waals surface area contributed by atoms with Crippen LogP contribution in [0.1, 0.15) is 37.4 Å². The van der Waals surface area contributed by atoms with Crippen molar-refractivity contribution in [3.8, 4) is 0 Å². The van der Waals surface area contributed by atoms with Crippen LogP contribution >= 0.6 is 0 Å². The lowest BCUT2D eigenvalue weighted by molar-refractivity contribution is -0.126. The van der Waals surface area contributed by atoms with Gasteiger partial charge in [0, 0.05) is 19.0 Å². The molecular weight excluding hydrogens is 228 g/mol. The highest BCUT2D eigenvalue weighted by molar-refractivity contribution is 6.06. The lowest BCUT2D eigenvalue weighted by atomic mass is 10.1. The summed E-state index contributed by atoms with van der Waals surface area (Å²) in [7, 11) is 0. The second kappa shape index (κ2) is 4.80. The minimum atomic E-state index is -0.524. The summed E-state index contributed by atoms with van der Waals surface area (Å²) >= 11 is 0. The van der Waals surface area contributed by atoms with Crippen molar-refractivity contribution in [2.24, 2.45) is 0 Å². The second-order valence-electron chi connectivity index (χ2n) is 4.64. The molecule has 1 aromatic carbocycles. The van der Waals surface area contributed by atoms with E-state index in [-0.39, 0.29) is 11.8 Å². The Kier molecular flexibility index (Phi) is 3.36. The Labute approximate surface area is 107 Å². The molecule has 4 nitrogen and oxygen atoms in total. The summed E-state index contributed by atoms with van der Waals surface area (Å²) < 4.78 is 0. The fraction of sp³-hybridized carbons (Fsp3) is 0.429. The van der Waals surface area contributed by atoms with Gasteiger partial charge in [0.1, 0.15) is 6.04 Å². The van der Waals surface area contributed by atoms with Gasteiger partial charge in [0.15, 0.2) is 0 Å². The number of para-hydroxylation sites is 1. The van der Waals surface area contributed by atoms with E-state index in [2.05, 4.69) is 5.32 Å². The van der Waals surface area contributed by atoms with Gasteiger partial charge in [-0.1, -0.05) is 25.1 Å². The van der Waals surface area contributed by atoms with Crippen molar-refractivity contribution in [3.63, 3.8) is 0 Å². The van der Waals surface area contributed by atoms with Gasteiger partial charge in [0.05, 0.1) is 5.69 Å². The van der Waals surface area contributed by atoms with Gasteiger partial charge in [-0.25, -0.2) is 0 Å². The number of hydrogen-bond acceptors (Lipinski definition) is 2. The summed E-state index contributed by atoms with van der Waals surface area (Å²) in [6, 6.07) is 5.30. The van der Waals surface area contributed by atoms with E-state index >= 15 is 0 Å². The van der Waals surface area contributed by atoms with Gasteiger partial charge in [-0.05, 0) is 18.9 Å². The van der Waals surface area contributed by atoms with Crippen molar-refractivity contribution >= 4 is 17.5 Å². The third-order valence-electron chi connectivity index (χ3n) is 3.16. The molecule has 2 rings (SSSR count). The monoisotopic (exact) mass is 246 g/mol. The number of aryl methyl sites for hydroxylation is 1. The highest BCUT2D eigenvalue weighted by Gasteiger charge is 2.37. The van der Waals surface area contributed by atoms with Gasteiger partial charge >= 0.3 is 0 Å². The van der Waals surface area contributed by atoms with Crippen molar-refractivity contribution in [1.82, 2.24) is 5.32 Å². The number of carbonyl (C=O) groups excluding carboxylic acids is 2. The third kappa shape index (κ3) is 1.98. The molecule has 1 aliphatic heterocycles. The van der Waals surface area contributed by atoms with Gasteiger partial charge in [-0.2, -0.15) is 0 Å². The molecule has 0 fully saturated rings. The lowest BCUT2D eigenvalue weighted by Crippen LogP contribution is -2.37. The molecule has 4 heteroatoms. The van der Waals surface area contributed by atoms with Crippen LogP contribution in [-0.2, 0) is 9.59 Å². The molecule has 0 saturated carbocycles. The average Bonchev–Trinajstić information content (AvgIpc) is 2.56. The maximum absolute atomic E-state index is 12.4. The summed E-state index contributed by atoms with van der Waals surface area (Å²) in [5.74, 6) is -0.212. The van der Waals surface area contributed by atoms with E-state index in [4.69, 9.17) is 0 Å². The van der Waals surface area contributed by atoms with Crippen LogP contribution < -0.4 is 10.2 Å². The fourth-order valence-electron chi connectivity index (χ4n) is 2.47. The molecule has 1 aliphatic rings. The number of anilines is 1. The van der Waals surface area contributed by atoms with Crippen LogP contribution in [0.25, 0.3) is 0 Å². The summed E-state index contributed by atoms with van der Waals surface area (Å²) in [6.07, 6.45) is 0.895. The van der Waals surface area contributed by atoms with Crippen LogP contribution in [0.4, 0.5) is 5.69 Å². The van der Waals surface area contributed by atoms with Crippen LogP contribution in [0.15, 0.2) is 18.2 Å². The van der Waals surface area contributed by atoms with E-state index < -0.39 is 6.04 Å². The molecule has 0 saturated heterocycles. The zero-order chi connectivity index (χ0) is 13.3. The van der Waals surface area contributed by atoms with E-state index in [1.807, 2.05) is 32.0 Å². The lowest BCUT2D eigenvalue weighted by Gasteiger charge is -2.18. The molecule has 18 heavy (non-hydrogen) atoms. The molecule has 0 bridgehead atoms. The number of nitrogens with zero attached hydrogens (tertiary/aromatic N) is 1. The predicted octanol–water partition coefficient (Wildman–Crippen LogP) is 1.93. The molecule has 0 unspecified atom stereocenters. The first-order valence-electron chi connectivity index (χ1n) is 6.24. The molecule has 1 aromatic rings. The molecule has 96 valence electrons. The topological polar surface area (TPSA) is 49.4 Å². The zero-order valence-electron chi connectivity index (χ0n) is 11.0. The Morgan fingerprint density at radius 3 is 2.78 bits per heavy atom. The van der Waals surface area contributed by atoms with Gasteiger partial charge in [-0.15, -0.1) is 0 Å². The predicted molar refractivity (Wildman–Crippen MR) is 70.4 cm³/mol. The van der Waals surface area contributed by atoms with Crippen molar-refractivity contribution < 1.29 is 9.59 Å². The molecule has 0 aliphatic carbocycles. The highest BCUT2D eigenvalue weighted by atomic mass is 16.2. The molecule has 2 amide bonds. The summed E-state index contributed by atoms with van der Waals surface area (Å²) in [6.45, 7) is 6.15. The molecule has 1 atom stereocenters. The number of hydrogen-bond donors (Lipinski definition) is 1. The van der Waals surface area contributed by atoms with Crippen molar-refractivity contribution in [3.05, 3.63) is 29.3 Å². The Morgan fingerprint density at radius 1 is 1.44 bits per heavy atom. The fourth-order valence-corrected chi connectivity index (χ4v) is 2.47. The zero-order valence-corrected chi connectivity index (χ0v) is 11.0. The number of benzene rings is 1. The van der Waals surface area contributed by atoms with E-state index in [1.165, 1.54) is 6.92 Å². The molecule has 0 radical (unpaired) electrons. The molecule has 0 aromatic heterocycles.